The van der Waals surface area contributed by atoms with E-state index >= 15 is 4.39 Å². The van der Waals surface area contributed by atoms with Crippen molar-refractivity contribution in [3.8, 4) is 0 Å². The van der Waals surface area contributed by atoms with E-state index in [1.54, 1.807) is 0 Å². The van der Waals surface area contributed by atoms with Crippen molar-refractivity contribution in [1.82, 2.24) is 10.2 Å². The molecule has 0 saturated carbocycles. The van der Waals surface area contributed by atoms with Crippen molar-refractivity contribution in [2.45, 2.75) is 32.3 Å². The number of rotatable bonds is 11. The maximum absolute atomic E-state index is 15.1. The van der Waals surface area contributed by atoms with Crippen molar-refractivity contribution in [2.75, 3.05) is 55.7 Å². The molecule has 0 aliphatic carbocycles. The number of halogens is 2. The van der Waals surface area contributed by atoms with Crippen LogP contribution in [0.5, 0.6) is 0 Å². The van der Waals surface area contributed by atoms with Crippen LogP contribution < -0.4 is 20.9 Å². The lowest BCUT2D eigenvalue weighted by Crippen LogP contribution is -2.43. The molecule has 0 spiro atoms. The molecular formula is C28H33ClFN5O9S. The summed E-state index contributed by atoms with van der Waals surface area (Å²) in [5.41, 5.74) is 5.53. The largest absolute Gasteiger partial charge is 0.481 e. The van der Waals surface area contributed by atoms with Gasteiger partial charge >= 0.3 is 6.09 Å². The summed E-state index contributed by atoms with van der Waals surface area (Å²) in [6.45, 7) is 1.42. The molecule has 0 radical (unpaired) electrons. The number of nitrogens with zero attached hydrogens (tertiary/aromatic N) is 3. The fourth-order valence-corrected chi connectivity index (χ4v) is 5.38. The normalized spacial score (nSPS) is 16.0. The Morgan fingerprint density at radius 2 is 1.91 bits per heavy atom. The Labute approximate surface area is 266 Å². The molecule has 2 aromatic rings. The van der Waals surface area contributed by atoms with Gasteiger partial charge in [-0.2, -0.15) is 0 Å². The Morgan fingerprint density at radius 1 is 1.18 bits per heavy atom. The highest BCUT2D eigenvalue weighted by Gasteiger charge is 2.37. The number of nitrogens with one attached hydrogen (secondary N) is 1. The summed E-state index contributed by atoms with van der Waals surface area (Å²) in [5.74, 6) is -3.27. The molecule has 2 aliphatic rings. The minimum absolute atomic E-state index is 0.00404. The number of aliphatic carboxylic acids is 1. The Kier molecular flexibility index (Phi) is 13.2. The molecule has 1 aromatic heterocycles. The number of benzene rings is 1. The number of hydrogen-bond donors (Lipinski definition) is 3. The van der Waals surface area contributed by atoms with Crippen molar-refractivity contribution in [3.63, 3.8) is 0 Å². The molecule has 1 atom stereocenters. The third-order valence-electron chi connectivity index (χ3n) is 6.44. The molecule has 4 N–H and O–H groups in total. The van der Waals surface area contributed by atoms with Gasteiger partial charge in [0.15, 0.2) is 0 Å². The van der Waals surface area contributed by atoms with Gasteiger partial charge in [-0.25, -0.2) is 9.18 Å². The minimum Gasteiger partial charge on any atom is -0.481 e. The lowest BCUT2D eigenvalue weighted by molar-refractivity contribution is -0.134. The summed E-state index contributed by atoms with van der Waals surface area (Å²) in [6.07, 6.45) is -0.877. The maximum Gasteiger partial charge on any atom is 0.414 e. The van der Waals surface area contributed by atoms with E-state index in [1.807, 2.05) is 0 Å². The lowest BCUT2D eigenvalue weighted by Gasteiger charge is -2.27. The first-order valence-corrected chi connectivity index (χ1v) is 15.0. The van der Waals surface area contributed by atoms with E-state index in [0.717, 1.165) is 34.1 Å². The first-order chi connectivity index (χ1) is 21.4. The Balaban J connectivity index is 0.00000130. The molecular weight excluding hydrogens is 637 g/mol. The lowest BCUT2D eigenvalue weighted by atomic mass is 10.2. The van der Waals surface area contributed by atoms with Gasteiger partial charge in [-0.15, -0.1) is 11.3 Å². The molecule has 0 bridgehead atoms. The van der Waals surface area contributed by atoms with Crippen LogP contribution in [0.4, 0.5) is 20.6 Å². The molecule has 1 aromatic carbocycles. The van der Waals surface area contributed by atoms with Gasteiger partial charge in [0, 0.05) is 32.1 Å². The van der Waals surface area contributed by atoms with Crippen LogP contribution in [0.15, 0.2) is 30.3 Å². The smallest absolute Gasteiger partial charge is 0.414 e. The molecule has 45 heavy (non-hydrogen) atoms. The second kappa shape index (κ2) is 16.8. The number of imide groups is 1. The number of carboxylic acid groups (broad SMARTS) is 1. The number of carbonyl (C=O) groups is 6. The zero-order valence-corrected chi connectivity index (χ0v) is 25.9. The van der Waals surface area contributed by atoms with Gasteiger partial charge < -0.3 is 30.5 Å². The highest BCUT2D eigenvalue weighted by Crippen LogP contribution is 2.30. The zero-order chi connectivity index (χ0) is 33.1. The van der Waals surface area contributed by atoms with Gasteiger partial charge in [0.05, 0.1) is 41.1 Å². The Hall–Kier alpha value is -4.12. The number of thiophene rings is 1. The number of cyclic esters (lactones) is 1. The molecule has 244 valence electrons. The fourth-order valence-electron chi connectivity index (χ4n) is 4.39. The van der Waals surface area contributed by atoms with Gasteiger partial charge in [-0.3, -0.25) is 33.8 Å². The highest BCUT2D eigenvalue weighted by atomic mass is 35.5. The minimum atomic E-state index is -0.922. The van der Waals surface area contributed by atoms with Gasteiger partial charge in [-0.1, -0.05) is 11.6 Å². The highest BCUT2D eigenvalue weighted by molar-refractivity contribution is 7.18. The number of ether oxygens (including phenoxy) is 2. The van der Waals surface area contributed by atoms with Crippen LogP contribution in [0.2, 0.25) is 4.34 Å². The van der Waals surface area contributed by atoms with Gasteiger partial charge in [0.2, 0.25) is 11.8 Å². The van der Waals surface area contributed by atoms with Crippen molar-refractivity contribution in [1.29, 1.82) is 0 Å². The summed E-state index contributed by atoms with van der Waals surface area (Å²) < 4.78 is 26.0. The average Bonchev–Trinajstić information content (AvgIpc) is 3.59. The zero-order valence-electron chi connectivity index (χ0n) is 24.3. The summed E-state index contributed by atoms with van der Waals surface area (Å²) in [4.78, 5) is 75.2. The maximum atomic E-state index is 15.1. The van der Waals surface area contributed by atoms with Crippen LogP contribution in [0.1, 0.15) is 35.9 Å². The number of anilines is 2. The topological polar surface area (TPSA) is 189 Å². The van der Waals surface area contributed by atoms with Crippen molar-refractivity contribution in [2.24, 2.45) is 5.73 Å². The van der Waals surface area contributed by atoms with Crippen LogP contribution in [0.3, 0.4) is 0 Å². The summed E-state index contributed by atoms with van der Waals surface area (Å²) in [6, 6.07) is 7.10. The number of morpholine rings is 1. The second-order valence-corrected chi connectivity index (χ2v) is 11.5. The number of carbonyl (C=O) groups excluding carboxylic acids is 5. The van der Waals surface area contributed by atoms with Crippen LogP contribution in [0.25, 0.3) is 0 Å². The van der Waals surface area contributed by atoms with E-state index in [9.17, 15) is 24.0 Å². The molecule has 2 fully saturated rings. The van der Waals surface area contributed by atoms with Gasteiger partial charge in [0.1, 0.15) is 18.5 Å². The van der Waals surface area contributed by atoms with Crippen molar-refractivity contribution in [3.05, 3.63) is 45.4 Å². The van der Waals surface area contributed by atoms with E-state index in [1.165, 1.54) is 29.2 Å². The SMILES string of the molecule is CC(=O)O.NCC(=O)NCCCCC(=O)N(C[C@H]1CN(c2ccc(N3CCOCC3=O)cc2F)C(=O)O1)C(=O)c1ccc(Cl)s1. The first kappa shape index (κ1) is 35.4. The van der Waals surface area contributed by atoms with E-state index in [2.05, 4.69) is 5.32 Å². The van der Waals surface area contributed by atoms with Crippen molar-refractivity contribution >= 4 is 70.0 Å². The van der Waals surface area contributed by atoms with Crippen LogP contribution in [0, 0.1) is 5.82 Å². The Bertz CT molecular complexity index is 1420. The predicted octanol–water partition coefficient (Wildman–Crippen LogP) is 2.23. The standard InChI is InChI=1S/C26H29ClFN5O7S.C2H4O2/c27-21-7-6-20(41-21)25(37)33(23(35)3-1-2-8-30-22(34)12-29)14-17-13-32(26(38)40-17)19-5-4-16(11-18(19)28)31-9-10-39-15-24(31)36;1-2(3)4/h4-7,11,17H,1-3,8-10,12-15,29H2,(H,30,34);1H3,(H,3,4)/t17-;/m1./s1. The van der Waals surface area contributed by atoms with Gasteiger partial charge in [0.25, 0.3) is 17.8 Å². The Morgan fingerprint density at radius 3 is 2.53 bits per heavy atom. The molecule has 14 nitrogen and oxygen atoms in total. The first-order valence-electron chi connectivity index (χ1n) is 13.8. The van der Waals surface area contributed by atoms with Crippen LogP contribution in [-0.2, 0) is 28.7 Å². The second-order valence-electron chi connectivity index (χ2n) is 9.79. The van der Waals surface area contributed by atoms with Crippen LogP contribution in [-0.4, -0.2) is 97.7 Å². The molecule has 3 heterocycles. The summed E-state index contributed by atoms with van der Waals surface area (Å²) >= 11 is 6.99. The van der Waals surface area contributed by atoms with E-state index in [-0.39, 0.29) is 61.6 Å². The molecule has 2 saturated heterocycles. The summed E-state index contributed by atoms with van der Waals surface area (Å²) in [7, 11) is 0. The third-order valence-corrected chi connectivity index (χ3v) is 7.65. The number of unbranched alkanes of at least 4 members (excludes halogenated alkanes) is 1. The number of nitrogens with two attached hydrogens (primary N) is 1. The van der Waals surface area contributed by atoms with E-state index in [4.69, 9.17) is 36.7 Å². The molecule has 2 aliphatic heterocycles. The number of amides is 5. The van der Waals surface area contributed by atoms with Gasteiger partial charge in [-0.05, 0) is 43.2 Å². The monoisotopic (exact) mass is 669 g/mol. The molecule has 0 unspecified atom stereocenters. The molecule has 17 heteroatoms. The number of hydrogen-bond acceptors (Lipinski definition) is 10. The number of carboxylic acids is 1. The van der Waals surface area contributed by atoms with E-state index in [0.29, 0.717) is 36.0 Å². The quantitative estimate of drug-likeness (QED) is 0.299. The third kappa shape index (κ3) is 10.2. The summed E-state index contributed by atoms with van der Waals surface area (Å²) in [5, 5.41) is 10.0. The predicted molar refractivity (Wildman–Crippen MR) is 162 cm³/mol. The average molecular weight is 670 g/mol. The van der Waals surface area contributed by atoms with Crippen LogP contribution >= 0.6 is 22.9 Å². The molecule has 4 rings (SSSR count). The van der Waals surface area contributed by atoms with Crippen molar-refractivity contribution < 1.29 is 47.7 Å². The van der Waals surface area contributed by atoms with E-state index < -0.39 is 35.8 Å². The fraction of sp³-hybridized carbons (Fsp3) is 0.429. The molecule has 5 amide bonds.